The molecule has 0 atom stereocenters. The second-order valence-corrected chi connectivity index (χ2v) is 9.07. The molecular weight excluding hydrogens is 462 g/mol. The quantitative estimate of drug-likeness (QED) is 0.365. The Bertz CT molecular complexity index is 1200. The molecule has 0 spiro atoms. The van der Waals surface area contributed by atoms with Crippen molar-refractivity contribution in [3.05, 3.63) is 67.3 Å². The Morgan fingerprint density at radius 2 is 1.68 bits per heavy atom. The topological polar surface area (TPSA) is 132 Å². The van der Waals surface area contributed by atoms with E-state index >= 15 is 0 Å². The number of ether oxygens (including phenoxy) is 1. The fourth-order valence-corrected chi connectivity index (χ4v) is 4.79. The predicted octanol–water partition coefficient (Wildman–Crippen LogP) is 3.71. The van der Waals surface area contributed by atoms with Gasteiger partial charge in [0.2, 0.25) is 0 Å². The highest BCUT2D eigenvalue weighted by Gasteiger charge is 2.27. The summed E-state index contributed by atoms with van der Waals surface area (Å²) in [5.74, 6) is -0.576. The van der Waals surface area contributed by atoms with E-state index in [1.54, 1.807) is 0 Å². The second-order valence-electron chi connectivity index (χ2n) is 8.06. The minimum atomic E-state index is -0.745. The molecule has 12 heteroatoms. The molecule has 1 amide bonds. The van der Waals surface area contributed by atoms with Crippen LogP contribution in [0.1, 0.15) is 21.5 Å². The number of nitrogens with zero attached hydrogens (tertiary/aromatic N) is 5. The van der Waals surface area contributed by atoms with Gasteiger partial charge in [0.15, 0.2) is 5.13 Å². The number of aryl methyl sites for hydroxylation is 2. The van der Waals surface area contributed by atoms with E-state index in [0.29, 0.717) is 24.9 Å². The molecule has 1 aliphatic rings. The number of anilines is 1. The van der Waals surface area contributed by atoms with Crippen molar-refractivity contribution < 1.29 is 19.4 Å². The molecule has 0 radical (unpaired) electrons. The Hall–Kier alpha value is -3.48. The molecule has 11 nitrogen and oxygen atoms in total. The molecule has 0 saturated carbocycles. The molecule has 1 fully saturated rings. The zero-order valence-electron chi connectivity index (χ0n) is 18.7. The van der Waals surface area contributed by atoms with Gasteiger partial charge in [-0.25, -0.2) is 4.98 Å². The minimum Gasteiger partial charge on any atom is -0.379 e. The first-order chi connectivity index (χ1) is 16.2. The summed E-state index contributed by atoms with van der Waals surface area (Å²) >= 11 is 1.34. The van der Waals surface area contributed by atoms with E-state index < -0.39 is 27.1 Å². The largest absolute Gasteiger partial charge is 0.379 e. The molecule has 1 aromatic heterocycles. The lowest BCUT2D eigenvalue weighted by atomic mass is 10.1. The van der Waals surface area contributed by atoms with Crippen LogP contribution in [0.25, 0.3) is 10.2 Å². The molecule has 0 unspecified atom stereocenters. The molecule has 2 heterocycles. The van der Waals surface area contributed by atoms with Crippen LogP contribution in [-0.4, -0.2) is 65.0 Å². The molecule has 1 saturated heterocycles. The number of benzene rings is 2. The van der Waals surface area contributed by atoms with E-state index in [0.717, 1.165) is 52.6 Å². The van der Waals surface area contributed by atoms with Gasteiger partial charge >= 0.3 is 0 Å². The summed E-state index contributed by atoms with van der Waals surface area (Å²) in [6.07, 6.45) is 0. The first-order valence-corrected chi connectivity index (χ1v) is 11.5. The number of morpholine rings is 1. The van der Waals surface area contributed by atoms with Crippen molar-refractivity contribution in [1.29, 1.82) is 0 Å². The number of carbonyl (C=O) groups is 1. The molecule has 2 aromatic carbocycles. The molecule has 4 rings (SSSR count). The maximum absolute atomic E-state index is 13.6. The zero-order chi connectivity index (χ0) is 24.4. The number of aromatic nitrogens is 1. The normalized spacial score (nSPS) is 14.3. The second kappa shape index (κ2) is 9.79. The van der Waals surface area contributed by atoms with Gasteiger partial charge in [0, 0.05) is 38.3 Å². The van der Waals surface area contributed by atoms with Crippen molar-refractivity contribution in [1.82, 2.24) is 9.88 Å². The van der Waals surface area contributed by atoms with Crippen molar-refractivity contribution in [2.75, 3.05) is 44.3 Å². The molecule has 178 valence electrons. The van der Waals surface area contributed by atoms with Gasteiger partial charge in [0.05, 0.1) is 44.9 Å². The molecule has 34 heavy (non-hydrogen) atoms. The summed E-state index contributed by atoms with van der Waals surface area (Å²) in [5, 5.41) is 23.1. The van der Waals surface area contributed by atoms with E-state index in [2.05, 4.69) is 9.88 Å². The maximum Gasteiger partial charge on any atom is 0.277 e. The highest BCUT2D eigenvalue weighted by molar-refractivity contribution is 7.22. The summed E-state index contributed by atoms with van der Waals surface area (Å²) < 4.78 is 6.29. The Morgan fingerprint density at radius 1 is 1.06 bits per heavy atom. The number of nitro groups is 2. The van der Waals surface area contributed by atoms with Crippen molar-refractivity contribution in [3.8, 4) is 0 Å². The molecule has 0 bridgehead atoms. The van der Waals surface area contributed by atoms with Crippen LogP contribution < -0.4 is 4.90 Å². The number of non-ortho nitro benzene ring substituents is 2. The standard InChI is InChI=1S/C22H23N5O6S/c1-14-9-19-20(10-15(14)2)34-22(23-19)25(4-3-24-5-7-33-8-6-24)21(28)16-11-17(26(29)30)13-18(12-16)27(31)32/h9-13H,3-8H2,1-2H3. The van der Waals surface area contributed by atoms with E-state index in [9.17, 15) is 25.0 Å². The van der Waals surface area contributed by atoms with Crippen LogP contribution in [0.5, 0.6) is 0 Å². The third kappa shape index (κ3) is 5.03. The molecule has 0 N–H and O–H groups in total. The van der Waals surface area contributed by atoms with Gasteiger partial charge in [-0.15, -0.1) is 0 Å². The van der Waals surface area contributed by atoms with Crippen LogP contribution in [0.15, 0.2) is 30.3 Å². The number of rotatable bonds is 7. The van der Waals surface area contributed by atoms with E-state index in [4.69, 9.17) is 4.74 Å². The van der Waals surface area contributed by atoms with Gasteiger partial charge in [-0.1, -0.05) is 11.3 Å². The zero-order valence-corrected chi connectivity index (χ0v) is 19.5. The highest BCUT2D eigenvalue weighted by Crippen LogP contribution is 2.32. The van der Waals surface area contributed by atoms with Crippen molar-refractivity contribution >= 4 is 44.0 Å². The highest BCUT2D eigenvalue weighted by atomic mass is 32.1. The summed E-state index contributed by atoms with van der Waals surface area (Å²) in [6, 6.07) is 6.94. The number of fused-ring (bicyclic) bond motifs is 1. The van der Waals surface area contributed by atoms with Gasteiger partial charge in [-0.3, -0.25) is 34.8 Å². The summed E-state index contributed by atoms with van der Waals surface area (Å²) in [4.78, 5) is 43.0. The number of thiazole rings is 1. The van der Waals surface area contributed by atoms with Crippen LogP contribution in [0.2, 0.25) is 0 Å². The summed E-state index contributed by atoms with van der Waals surface area (Å²) in [5.41, 5.74) is 1.77. The third-order valence-electron chi connectivity index (χ3n) is 5.78. The number of nitro benzene ring substituents is 2. The SMILES string of the molecule is Cc1cc2nc(N(CCN3CCOCC3)C(=O)c3cc([N+](=O)[O-])cc([N+](=O)[O-])c3)sc2cc1C. The number of hydrogen-bond acceptors (Lipinski definition) is 9. The smallest absolute Gasteiger partial charge is 0.277 e. The molecule has 3 aromatic rings. The third-order valence-corrected chi connectivity index (χ3v) is 6.82. The van der Waals surface area contributed by atoms with Crippen LogP contribution in [-0.2, 0) is 4.74 Å². The Labute approximate surface area is 198 Å². The number of amides is 1. The summed E-state index contributed by atoms with van der Waals surface area (Å²) in [6.45, 7) is 7.45. The van der Waals surface area contributed by atoms with E-state index in [1.807, 2.05) is 26.0 Å². The minimum absolute atomic E-state index is 0.130. The van der Waals surface area contributed by atoms with Gasteiger partial charge in [0.1, 0.15) is 0 Å². The van der Waals surface area contributed by atoms with Crippen molar-refractivity contribution in [3.63, 3.8) is 0 Å². The van der Waals surface area contributed by atoms with Crippen LogP contribution in [0.4, 0.5) is 16.5 Å². The average Bonchev–Trinajstić information content (AvgIpc) is 3.21. The molecule has 0 aliphatic carbocycles. The Morgan fingerprint density at radius 3 is 2.29 bits per heavy atom. The number of carbonyl (C=O) groups excluding carboxylic acids is 1. The number of hydrogen-bond donors (Lipinski definition) is 0. The fourth-order valence-electron chi connectivity index (χ4n) is 3.72. The van der Waals surface area contributed by atoms with Crippen LogP contribution in [0.3, 0.4) is 0 Å². The first kappa shape index (κ1) is 23.7. The van der Waals surface area contributed by atoms with Crippen LogP contribution in [0, 0.1) is 34.1 Å². The fraction of sp³-hybridized carbons (Fsp3) is 0.364. The monoisotopic (exact) mass is 485 g/mol. The van der Waals surface area contributed by atoms with Crippen molar-refractivity contribution in [2.45, 2.75) is 13.8 Å². The maximum atomic E-state index is 13.6. The Kier molecular flexibility index (Phi) is 6.82. The van der Waals surface area contributed by atoms with Gasteiger partial charge in [0.25, 0.3) is 17.3 Å². The van der Waals surface area contributed by atoms with Crippen LogP contribution >= 0.6 is 11.3 Å². The molecular formula is C22H23N5O6S. The predicted molar refractivity (Wildman–Crippen MR) is 128 cm³/mol. The average molecular weight is 486 g/mol. The summed E-state index contributed by atoms with van der Waals surface area (Å²) in [7, 11) is 0. The van der Waals surface area contributed by atoms with Gasteiger partial charge < -0.3 is 4.74 Å². The molecule has 1 aliphatic heterocycles. The van der Waals surface area contributed by atoms with E-state index in [-0.39, 0.29) is 12.1 Å². The van der Waals surface area contributed by atoms with Gasteiger partial charge in [-0.05, 0) is 37.1 Å². The lowest BCUT2D eigenvalue weighted by molar-refractivity contribution is -0.394. The lowest BCUT2D eigenvalue weighted by Crippen LogP contribution is -2.43. The van der Waals surface area contributed by atoms with Crippen molar-refractivity contribution in [2.24, 2.45) is 0 Å². The van der Waals surface area contributed by atoms with E-state index in [1.165, 1.54) is 16.2 Å². The lowest BCUT2D eigenvalue weighted by Gasteiger charge is -2.29. The first-order valence-electron chi connectivity index (χ1n) is 10.7. The Balaban J connectivity index is 1.73. The van der Waals surface area contributed by atoms with Gasteiger partial charge in [-0.2, -0.15) is 0 Å².